The lowest BCUT2D eigenvalue weighted by Crippen LogP contribution is -2.13. The van der Waals surface area contributed by atoms with Gasteiger partial charge >= 0.3 is 0 Å². The highest BCUT2D eigenvalue weighted by Crippen LogP contribution is 2.25. The molecule has 0 amide bonds. The van der Waals surface area contributed by atoms with E-state index >= 15 is 0 Å². The molecular formula is C19H16N2O2. The van der Waals surface area contributed by atoms with E-state index < -0.39 is 0 Å². The number of rotatable bonds is 4. The first-order chi connectivity index (χ1) is 11.1. The van der Waals surface area contributed by atoms with E-state index in [1.807, 2.05) is 55.5 Å². The van der Waals surface area contributed by atoms with E-state index in [1.165, 1.54) is 12.1 Å². The van der Waals surface area contributed by atoms with Crippen LogP contribution in [0.3, 0.4) is 0 Å². The number of nitroso groups, excluding NO2 is 1. The van der Waals surface area contributed by atoms with Gasteiger partial charge in [0.2, 0.25) is 0 Å². The molecule has 0 aromatic heterocycles. The zero-order chi connectivity index (χ0) is 16.4. The largest absolute Gasteiger partial charge is 0.289 e. The topological polar surface area (TPSA) is 49.7 Å². The second-order valence-corrected chi connectivity index (χ2v) is 5.52. The van der Waals surface area contributed by atoms with Gasteiger partial charge in [-0.05, 0) is 35.9 Å². The Kier molecular flexibility index (Phi) is 3.89. The summed E-state index contributed by atoms with van der Waals surface area (Å²) in [5.74, 6) is -0.120. The highest BCUT2D eigenvalue weighted by molar-refractivity contribution is 6.13. The summed E-state index contributed by atoms with van der Waals surface area (Å²) in [7, 11) is 1.54. The smallest absolute Gasteiger partial charge is 0.195 e. The summed E-state index contributed by atoms with van der Waals surface area (Å²) >= 11 is 0. The number of benzene rings is 3. The maximum absolute atomic E-state index is 12.9. The van der Waals surface area contributed by atoms with Gasteiger partial charge < -0.3 is 0 Å². The fraction of sp³-hybridized carbons (Fsp3) is 0.105. The van der Waals surface area contributed by atoms with Crippen LogP contribution in [0.15, 0.2) is 65.9 Å². The van der Waals surface area contributed by atoms with Crippen LogP contribution < -0.4 is 5.01 Å². The number of nitrogens with zero attached hydrogens (tertiary/aromatic N) is 2. The van der Waals surface area contributed by atoms with Gasteiger partial charge in [0.25, 0.3) is 0 Å². The number of fused-ring (bicyclic) bond motifs is 1. The standard InChI is InChI=1S/C19H16N2O2/c1-13-7-10-18(21(2)20-23)17(11-13)19(22)16-9-8-14-5-3-4-6-15(14)12-16/h3-12H,1-2H3. The maximum Gasteiger partial charge on any atom is 0.195 e. The summed E-state index contributed by atoms with van der Waals surface area (Å²) in [5, 5.41) is 6.17. The highest BCUT2D eigenvalue weighted by atomic mass is 16.3. The van der Waals surface area contributed by atoms with Crippen molar-refractivity contribution in [2.75, 3.05) is 12.1 Å². The zero-order valence-corrected chi connectivity index (χ0v) is 13.0. The fourth-order valence-corrected chi connectivity index (χ4v) is 2.64. The van der Waals surface area contributed by atoms with Crippen LogP contribution in [0.1, 0.15) is 21.5 Å². The van der Waals surface area contributed by atoms with Gasteiger partial charge in [-0.15, -0.1) is 4.91 Å². The molecule has 0 radical (unpaired) electrons. The van der Waals surface area contributed by atoms with E-state index in [1.54, 1.807) is 12.1 Å². The quantitative estimate of drug-likeness (QED) is 0.405. The number of anilines is 1. The van der Waals surface area contributed by atoms with Crippen LogP contribution in [-0.2, 0) is 0 Å². The van der Waals surface area contributed by atoms with Crippen molar-refractivity contribution in [1.82, 2.24) is 0 Å². The van der Waals surface area contributed by atoms with E-state index in [-0.39, 0.29) is 5.78 Å². The first kappa shape index (κ1) is 14.9. The molecule has 0 heterocycles. The van der Waals surface area contributed by atoms with Crippen molar-refractivity contribution in [2.45, 2.75) is 6.92 Å². The van der Waals surface area contributed by atoms with Crippen molar-refractivity contribution in [3.8, 4) is 0 Å². The van der Waals surface area contributed by atoms with E-state index in [2.05, 4.69) is 5.29 Å². The minimum atomic E-state index is -0.120. The van der Waals surface area contributed by atoms with Gasteiger partial charge in [-0.1, -0.05) is 48.0 Å². The average Bonchev–Trinajstić information content (AvgIpc) is 2.60. The Morgan fingerprint density at radius 1 is 0.957 bits per heavy atom. The second kappa shape index (κ2) is 6.01. The summed E-state index contributed by atoms with van der Waals surface area (Å²) in [6.07, 6.45) is 0. The number of hydrogen-bond donors (Lipinski definition) is 0. The predicted molar refractivity (Wildman–Crippen MR) is 92.8 cm³/mol. The zero-order valence-electron chi connectivity index (χ0n) is 13.0. The van der Waals surface area contributed by atoms with Gasteiger partial charge in [0.05, 0.1) is 11.0 Å². The highest BCUT2D eigenvalue weighted by Gasteiger charge is 2.17. The van der Waals surface area contributed by atoms with Gasteiger partial charge in [0.1, 0.15) is 0 Å². The van der Waals surface area contributed by atoms with Crippen molar-refractivity contribution in [3.05, 3.63) is 82.3 Å². The van der Waals surface area contributed by atoms with Crippen LogP contribution in [0.2, 0.25) is 0 Å². The van der Waals surface area contributed by atoms with E-state index in [4.69, 9.17) is 0 Å². The number of aryl methyl sites for hydroxylation is 1. The molecule has 23 heavy (non-hydrogen) atoms. The molecule has 0 aliphatic heterocycles. The Bertz CT molecular complexity index is 903. The molecule has 0 saturated carbocycles. The molecule has 4 nitrogen and oxygen atoms in total. The Morgan fingerprint density at radius 2 is 1.70 bits per heavy atom. The van der Waals surface area contributed by atoms with Crippen LogP contribution in [0.25, 0.3) is 10.8 Å². The third-order valence-corrected chi connectivity index (χ3v) is 3.88. The monoisotopic (exact) mass is 304 g/mol. The second-order valence-electron chi connectivity index (χ2n) is 5.52. The summed E-state index contributed by atoms with van der Waals surface area (Å²) in [5.41, 5.74) is 2.53. The van der Waals surface area contributed by atoms with Crippen LogP contribution in [0.5, 0.6) is 0 Å². The molecule has 0 aliphatic carbocycles. The SMILES string of the molecule is Cc1ccc(N(C)N=O)c(C(=O)c2ccc3ccccc3c2)c1. The Morgan fingerprint density at radius 3 is 2.43 bits per heavy atom. The van der Waals surface area contributed by atoms with Crippen molar-refractivity contribution >= 4 is 22.2 Å². The number of carbonyl (C=O) groups is 1. The van der Waals surface area contributed by atoms with E-state index in [9.17, 15) is 9.70 Å². The average molecular weight is 304 g/mol. The third kappa shape index (κ3) is 2.83. The molecule has 0 aliphatic rings. The van der Waals surface area contributed by atoms with Gasteiger partial charge in [0, 0.05) is 18.2 Å². The normalized spacial score (nSPS) is 10.5. The lowest BCUT2D eigenvalue weighted by Gasteiger charge is -2.14. The molecule has 0 fully saturated rings. The summed E-state index contributed by atoms with van der Waals surface area (Å²) in [6, 6.07) is 18.9. The molecule has 3 aromatic carbocycles. The number of hydrogen-bond acceptors (Lipinski definition) is 3. The van der Waals surface area contributed by atoms with Crippen LogP contribution in [0.4, 0.5) is 5.69 Å². The van der Waals surface area contributed by atoms with Crippen LogP contribution in [-0.4, -0.2) is 12.8 Å². The minimum absolute atomic E-state index is 0.120. The van der Waals surface area contributed by atoms with Crippen molar-refractivity contribution in [2.24, 2.45) is 5.29 Å². The summed E-state index contributed by atoms with van der Waals surface area (Å²) in [6.45, 7) is 1.91. The maximum atomic E-state index is 12.9. The molecule has 114 valence electrons. The molecule has 0 spiro atoms. The predicted octanol–water partition coefficient (Wildman–Crippen LogP) is 4.50. The van der Waals surface area contributed by atoms with Crippen molar-refractivity contribution in [3.63, 3.8) is 0 Å². The van der Waals surface area contributed by atoms with Crippen molar-refractivity contribution < 1.29 is 4.79 Å². The fourth-order valence-electron chi connectivity index (χ4n) is 2.64. The molecule has 3 rings (SSSR count). The molecule has 0 N–H and O–H groups in total. The summed E-state index contributed by atoms with van der Waals surface area (Å²) < 4.78 is 0. The Labute approximate surface area is 134 Å². The lowest BCUT2D eigenvalue weighted by molar-refractivity contribution is 0.103. The van der Waals surface area contributed by atoms with Crippen LogP contribution >= 0.6 is 0 Å². The summed E-state index contributed by atoms with van der Waals surface area (Å²) in [4.78, 5) is 23.8. The Hall–Kier alpha value is -3.01. The number of carbonyl (C=O) groups excluding carboxylic acids is 1. The first-order valence-electron chi connectivity index (χ1n) is 7.31. The van der Waals surface area contributed by atoms with E-state index in [0.29, 0.717) is 16.8 Å². The van der Waals surface area contributed by atoms with Gasteiger partial charge in [-0.2, -0.15) is 0 Å². The van der Waals surface area contributed by atoms with Crippen molar-refractivity contribution in [1.29, 1.82) is 0 Å². The molecule has 4 heteroatoms. The Balaban J connectivity index is 2.11. The van der Waals surface area contributed by atoms with Gasteiger partial charge in [-0.25, -0.2) is 5.01 Å². The molecule has 0 bridgehead atoms. The van der Waals surface area contributed by atoms with Crippen LogP contribution in [0, 0.1) is 11.8 Å². The molecular weight excluding hydrogens is 288 g/mol. The van der Waals surface area contributed by atoms with Gasteiger partial charge in [0.15, 0.2) is 5.78 Å². The molecule has 0 atom stereocenters. The minimum Gasteiger partial charge on any atom is -0.289 e. The molecule has 3 aromatic rings. The first-order valence-corrected chi connectivity index (χ1v) is 7.31. The lowest BCUT2D eigenvalue weighted by atomic mass is 9.97. The number of ketones is 1. The third-order valence-electron chi connectivity index (χ3n) is 3.88. The molecule has 0 unspecified atom stereocenters. The van der Waals surface area contributed by atoms with E-state index in [0.717, 1.165) is 16.3 Å². The van der Waals surface area contributed by atoms with Gasteiger partial charge in [-0.3, -0.25) is 4.79 Å². The molecule has 0 saturated heterocycles.